The number of nitrogens with zero attached hydrogens (tertiary/aromatic N) is 4. The molecule has 0 aliphatic carbocycles. The molecule has 0 unspecified atom stereocenters. The Balaban J connectivity index is 1.56. The maximum absolute atomic E-state index is 11.8. The van der Waals surface area contributed by atoms with Crippen LogP contribution in [0.5, 0.6) is 0 Å². The first-order valence-corrected chi connectivity index (χ1v) is 8.86. The number of nitrogens with one attached hydrogen (secondary N) is 2. The highest BCUT2D eigenvalue weighted by molar-refractivity contribution is 5.67. The van der Waals surface area contributed by atoms with Crippen LogP contribution in [0, 0.1) is 6.92 Å². The van der Waals surface area contributed by atoms with E-state index in [9.17, 15) is 4.79 Å². The van der Waals surface area contributed by atoms with E-state index >= 15 is 0 Å². The summed E-state index contributed by atoms with van der Waals surface area (Å²) in [6.45, 7) is 5.58. The summed E-state index contributed by atoms with van der Waals surface area (Å²) in [6, 6.07) is 8.19. The lowest BCUT2D eigenvalue weighted by atomic mass is 10.1. The molecule has 1 amide bonds. The van der Waals surface area contributed by atoms with E-state index in [4.69, 9.17) is 4.74 Å². The molecule has 1 saturated heterocycles. The second-order valence-electron chi connectivity index (χ2n) is 6.21. The van der Waals surface area contributed by atoms with Gasteiger partial charge in [0.2, 0.25) is 5.95 Å². The first kappa shape index (κ1) is 17.9. The van der Waals surface area contributed by atoms with Crippen molar-refractivity contribution in [3.63, 3.8) is 0 Å². The second-order valence-corrected chi connectivity index (χ2v) is 6.21. The number of amides is 1. The molecule has 1 aliphatic heterocycles. The highest BCUT2D eigenvalue weighted by atomic mass is 16.6. The lowest BCUT2D eigenvalue weighted by Gasteiger charge is -2.31. The number of rotatable bonds is 5. The summed E-state index contributed by atoms with van der Waals surface area (Å²) in [6.07, 6.45) is 3.05. The van der Waals surface area contributed by atoms with Crippen molar-refractivity contribution in [2.24, 2.45) is 0 Å². The van der Waals surface area contributed by atoms with Gasteiger partial charge in [0.15, 0.2) is 5.82 Å². The fourth-order valence-corrected chi connectivity index (χ4v) is 2.89. The Morgan fingerprint density at radius 2 is 2.08 bits per heavy atom. The van der Waals surface area contributed by atoms with Crippen molar-refractivity contribution in [2.45, 2.75) is 32.7 Å². The second kappa shape index (κ2) is 8.46. The van der Waals surface area contributed by atoms with Crippen LogP contribution in [0.2, 0.25) is 0 Å². The number of likely N-dealkylation sites (tertiary alicyclic amines) is 1. The quantitative estimate of drug-likeness (QED) is 0.851. The van der Waals surface area contributed by atoms with Gasteiger partial charge in [-0.3, -0.25) is 0 Å². The zero-order valence-electron chi connectivity index (χ0n) is 15.1. The third-order valence-electron chi connectivity index (χ3n) is 4.32. The predicted octanol–water partition coefficient (Wildman–Crippen LogP) is 2.96. The largest absolute Gasteiger partial charge is 0.450 e. The highest BCUT2D eigenvalue weighted by Crippen LogP contribution is 2.19. The maximum Gasteiger partial charge on any atom is 0.409 e. The molecule has 8 nitrogen and oxygen atoms in total. The van der Waals surface area contributed by atoms with Gasteiger partial charge in [-0.25, -0.2) is 4.79 Å². The average molecular weight is 356 g/mol. The molecule has 8 heteroatoms. The molecule has 1 fully saturated rings. The summed E-state index contributed by atoms with van der Waals surface area (Å²) >= 11 is 0. The summed E-state index contributed by atoms with van der Waals surface area (Å²) in [4.78, 5) is 18.0. The van der Waals surface area contributed by atoms with Crippen LogP contribution in [0.3, 0.4) is 0 Å². The van der Waals surface area contributed by atoms with E-state index in [0.717, 1.165) is 24.1 Å². The SMILES string of the molecule is CCOC(=O)N1CCC(Nc2cnnc(Nc3ccccc3C)n2)CC1. The zero-order valence-corrected chi connectivity index (χ0v) is 15.1. The summed E-state index contributed by atoms with van der Waals surface area (Å²) < 4.78 is 5.04. The highest BCUT2D eigenvalue weighted by Gasteiger charge is 2.23. The van der Waals surface area contributed by atoms with Gasteiger partial charge in [-0.2, -0.15) is 10.1 Å². The molecule has 26 heavy (non-hydrogen) atoms. The summed E-state index contributed by atoms with van der Waals surface area (Å²) in [5.74, 6) is 1.12. The number of piperidine rings is 1. The third kappa shape index (κ3) is 4.59. The van der Waals surface area contributed by atoms with Gasteiger partial charge in [0.05, 0.1) is 12.8 Å². The smallest absolute Gasteiger partial charge is 0.409 e. The number of hydrogen-bond donors (Lipinski definition) is 2. The topological polar surface area (TPSA) is 92.3 Å². The van der Waals surface area contributed by atoms with Crippen LogP contribution in [0.4, 0.5) is 22.2 Å². The van der Waals surface area contributed by atoms with E-state index in [-0.39, 0.29) is 12.1 Å². The fraction of sp³-hybridized carbons (Fsp3) is 0.444. The van der Waals surface area contributed by atoms with E-state index in [0.29, 0.717) is 31.5 Å². The molecule has 1 aromatic carbocycles. The number of carbonyl (C=O) groups excluding carboxylic acids is 1. The molecule has 0 atom stereocenters. The Morgan fingerprint density at radius 3 is 2.81 bits per heavy atom. The van der Waals surface area contributed by atoms with Gasteiger partial charge in [0.25, 0.3) is 0 Å². The monoisotopic (exact) mass is 356 g/mol. The fourth-order valence-electron chi connectivity index (χ4n) is 2.89. The lowest BCUT2D eigenvalue weighted by molar-refractivity contribution is 0.0983. The number of hydrogen-bond acceptors (Lipinski definition) is 7. The Hall–Kier alpha value is -2.90. The van der Waals surface area contributed by atoms with Gasteiger partial charge >= 0.3 is 6.09 Å². The molecule has 3 rings (SSSR count). The Kier molecular flexibility index (Phi) is 5.83. The Labute approximate surface area is 153 Å². The van der Waals surface area contributed by atoms with Gasteiger partial charge < -0.3 is 20.3 Å². The molecular weight excluding hydrogens is 332 g/mol. The normalized spacial score (nSPS) is 14.8. The molecule has 0 radical (unpaired) electrons. The summed E-state index contributed by atoms with van der Waals surface area (Å²) in [5.41, 5.74) is 2.06. The molecular formula is C18H24N6O2. The molecule has 2 N–H and O–H groups in total. The van der Waals surface area contributed by atoms with Gasteiger partial charge in [-0.1, -0.05) is 18.2 Å². The molecule has 0 saturated carbocycles. The first-order valence-electron chi connectivity index (χ1n) is 8.86. The number of anilines is 3. The van der Waals surface area contributed by atoms with Gasteiger partial charge in [-0.05, 0) is 38.3 Å². The van der Waals surface area contributed by atoms with Crippen molar-refractivity contribution in [1.82, 2.24) is 20.1 Å². The molecule has 0 bridgehead atoms. The van der Waals surface area contributed by atoms with Crippen molar-refractivity contribution in [1.29, 1.82) is 0 Å². The van der Waals surface area contributed by atoms with E-state index in [2.05, 4.69) is 25.8 Å². The van der Waals surface area contributed by atoms with Crippen molar-refractivity contribution >= 4 is 23.5 Å². The minimum absolute atomic E-state index is 0.237. The van der Waals surface area contributed by atoms with E-state index < -0.39 is 0 Å². The Morgan fingerprint density at radius 1 is 1.31 bits per heavy atom. The van der Waals surface area contributed by atoms with Crippen LogP contribution < -0.4 is 10.6 Å². The molecule has 1 aliphatic rings. The number of benzene rings is 1. The van der Waals surface area contributed by atoms with Crippen LogP contribution >= 0.6 is 0 Å². The summed E-state index contributed by atoms with van der Waals surface area (Å²) in [5, 5.41) is 14.6. The van der Waals surface area contributed by atoms with Crippen molar-refractivity contribution < 1.29 is 9.53 Å². The molecule has 1 aromatic heterocycles. The van der Waals surface area contributed by atoms with Crippen LogP contribution in [-0.2, 0) is 4.74 Å². The minimum Gasteiger partial charge on any atom is -0.450 e. The van der Waals surface area contributed by atoms with Crippen LogP contribution in [0.15, 0.2) is 30.5 Å². The number of para-hydroxylation sites is 1. The molecule has 138 valence electrons. The van der Waals surface area contributed by atoms with Gasteiger partial charge in [0.1, 0.15) is 0 Å². The lowest BCUT2D eigenvalue weighted by Crippen LogP contribution is -2.42. The van der Waals surface area contributed by atoms with Gasteiger partial charge in [0, 0.05) is 24.8 Å². The number of carbonyl (C=O) groups is 1. The number of aromatic nitrogens is 3. The zero-order chi connectivity index (χ0) is 18.4. The van der Waals surface area contributed by atoms with Crippen LogP contribution in [0.1, 0.15) is 25.3 Å². The maximum atomic E-state index is 11.8. The standard InChI is InChI=1S/C18H24N6O2/c1-3-26-18(25)24-10-8-14(9-11-24)20-16-12-19-23-17(22-16)21-15-7-5-4-6-13(15)2/h4-7,12,14H,3,8-11H2,1-2H3,(H2,20,21,22,23). The molecule has 0 spiro atoms. The van der Waals surface area contributed by atoms with Crippen LogP contribution in [0.25, 0.3) is 0 Å². The van der Waals surface area contributed by atoms with E-state index in [1.165, 1.54) is 0 Å². The average Bonchev–Trinajstić information content (AvgIpc) is 2.65. The summed E-state index contributed by atoms with van der Waals surface area (Å²) in [7, 11) is 0. The van der Waals surface area contributed by atoms with Gasteiger partial charge in [-0.15, -0.1) is 5.10 Å². The first-order chi connectivity index (χ1) is 12.7. The Bertz CT molecular complexity index is 746. The van der Waals surface area contributed by atoms with Crippen molar-refractivity contribution in [3.05, 3.63) is 36.0 Å². The van der Waals surface area contributed by atoms with Crippen LogP contribution in [-0.4, -0.2) is 51.9 Å². The third-order valence-corrected chi connectivity index (χ3v) is 4.32. The number of ether oxygens (including phenoxy) is 1. The molecule has 2 heterocycles. The van der Waals surface area contributed by atoms with Crippen molar-refractivity contribution in [3.8, 4) is 0 Å². The minimum atomic E-state index is -0.237. The van der Waals surface area contributed by atoms with Crippen molar-refractivity contribution in [2.75, 3.05) is 30.3 Å². The van der Waals surface area contributed by atoms with E-state index in [1.54, 1.807) is 11.1 Å². The number of aryl methyl sites for hydroxylation is 1. The predicted molar refractivity (Wildman–Crippen MR) is 99.5 cm³/mol. The molecule has 2 aromatic rings. The van der Waals surface area contributed by atoms with E-state index in [1.807, 2.05) is 38.1 Å².